The molecular weight excluding hydrogens is 294 g/mol. The number of nitrogens with one attached hydrogen (secondary N) is 2. The van der Waals surface area contributed by atoms with Gasteiger partial charge in [-0.3, -0.25) is 4.90 Å². The van der Waals surface area contributed by atoms with Gasteiger partial charge in [-0.15, -0.1) is 0 Å². The minimum absolute atomic E-state index is 0.698. The number of nitrogens with zero attached hydrogens (tertiary/aromatic N) is 1. The highest BCUT2D eigenvalue weighted by atomic mass is 15.2. The van der Waals surface area contributed by atoms with Gasteiger partial charge in [0.1, 0.15) is 0 Å². The molecular formula is C21H45N3. The number of piperidine rings is 1. The highest BCUT2D eigenvalue weighted by Gasteiger charge is 2.62. The van der Waals surface area contributed by atoms with Crippen molar-refractivity contribution in [2.75, 3.05) is 39.3 Å². The third kappa shape index (κ3) is 6.00. The molecule has 1 saturated carbocycles. The molecule has 0 aromatic rings. The second-order valence-corrected chi connectivity index (χ2v) is 8.75. The van der Waals surface area contributed by atoms with Crippen molar-refractivity contribution in [2.45, 2.75) is 80.2 Å². The van der Waals surface area contributed by atoms with Crippen LogP contribution in [0.3, 0.4) is 0 Å². The molecule has 3 rings (SSSR count). The molecule has 2 N–H and O–H groups in total. The first-order chi connectivity index (χ1) is 11.4. The topological polar surface area (TPSA) is 27.3 Å². The van der Waals surface area contributed by atoms with Gasteiger partial charge in [0.05, 0.1) is 0 Å². The third-order valence-corrected chi connectivity index (χ3v) is 6.19. The maximum Gasteiger partial charge on any atom is 0.0110 e. The second-order valence-electron chi connectivity index (χ2n) is 8.75. The van der Waals surface area contributed by atoms with Gasteiger partial charge in [0.25, 0.3) is 0 Å². The molecule has 3 fully saturated rings. The van der Waals surface area contributed by atoms with Crippen LogP contribution in [0.5, 0.6) is 0 Å². The first-order valence-electron chi connectivity index (χ1n) is 10.5. The summed E-state index contributed by atoms with van der Waals surface area (Å²) in [5.41, 5.74) is 1.45. The number of rotatable bonds is 3. The van der Waals surface area contributed by atoms with Crippen molar-refractivity contribution in [3.05, 3.63) is 0 Å². The van der Waals surface area contributed by atoms with Crippen molar-refractivity contribution >= 4 is 0 Å². The van der Waals surface area contributed by atoms with E-state index >= 15 is 0 Å². The summed E-state index contributed by atoms with van der Waals surface area (Å²) in [6, 6.07) is 0.729. The maximum absolute atomic E-state index is 3.47. The fraction of sp³-hybridized carbons (Fsp3) is 1.00. The fourth-order valence-corrected chi connectivity index (χ4v) is 4.78. The molecule has 0 radical (unpaired) electrons. The van der Waals surface area contributed by atoms with E-state index < -0.39 is 0 Å². The zero-order chi connectivity index (χ0) is 18.2. The predicted molar refractivity (Wildman–Crippen MR) is 108 cm³/mol. The van der Waals surface area contributed by atoms with Crippen molar-refractivity contribution in [2.24, 2.45) is 16.7 Å². The Kier molecular flexibility index (Phi) is 9.25. The van der Waals surface area contributed by atoms with Gasteiger partial charge in [-0.25, -0.2) is 0 Å². The average Bonchev–Trinajstić information content (AvgIpc) is 3.12. The fourth-order valence-electron chi connectivity index (χ4n) is 4.78. The van der Waals surface area contributed by atoms with E-state index in [-0.39, 0.29) is 0 Å². The van der Waals surface area contributed by atoms with Crippen molar-refractivity contribution in [1.82, 2.24) is 15.5 Å². The van der Waals surface area contributed by atoms with Crippen LogP contribution in [0.2, 0.25) is 0 Å². The van der Waals surface area contributed by atoms with Gasteiger partial charge in [0.15, 0.2) is 0 Å². The lowest BCUT2D eigenvalue weighted by Crippen LogP contribution is -2.46. The van der Waals surface area contributed by atoms with Crippen LogP contribution in [-0.2, 0) is 0 Å². The standard InChI is InChI=1S/C12H23N.C7H16N2.C2H6/c1-10(2)8-11(3)9-12(11)4-6-13-7-5-12;1-7(2)9-5-3-8-4-6-9;1-2/h10,13H,4-9H2,1-3H3;7-8H,3-6H2,1-2H3;1-2H3. The molecule has 3 nitrogen and oxygen atoms in total. The summed E-state index contributed by atoms with van der Waals surface area (Å²) in [5, 5.41) is 6.80. The summed E-state index contributed by atoms with van der Waals surface area (Å²) in [7, 11) is 0. The average molecular weight is 340 g/mol. The molecule has 0 aromatic heterocycles. The lowest BCUT2D eigenvalue weighted by Gasteiger charge is -2.30. The zero-order valence-electron chi connectivity index (χ0n) is 17.7. The van der Waals surface area contributed by atoms with Gasteiger partial charge in [0, 0.05) is 32.2 Å². The van der Waals surface area contributed by atoms with Gasteiger partial charge in [-0.05, 0) is 69.4 Å². The Morgan fingerprint density at radius 2 is 1.38 bits per heavy atom. The molecule has 1 atom stereocenters. The molecule has 1 unspecified atom stereocenters. The molecule has 2 heterocycles. The van der Waals surface area contributed by atoms with E-state index in [1.54, 1.807) is 0 Å². The predicted octanol–water partition coefficient (Wildman–Crippen LogP) is 4.14. The highest BCUT2D eigenvalue weighted by molar-refractivity contribution is 5.13. The summed E-state index contributed by atoms with van der Waals surface area (Å²) < 4.78 is 0. The Labute approximate surface area is 152 Å². The lowest BCUT2D eigenvalue weighted by atomic mass is 9.81. The van der Waals surface area contributed by atoms with Crippen LogP contribution < -0.4 is 10.6 Å². The second kappa shape index (κ2) is 10.1. The molecule has 0 aromatic carbocycles. The van der Waals surface area contributed by atoms with E-state index in [1.165, 1.54) is 51.9 Å². The SMILES string of the molecule is CC.CC(C)CC1(C)CC12CCNCC2.CC(C)N1CCNCC1. The van der Waals surface area contributed by atoms with Gasteiger partial charge < -0.3 is 10.6 Å². The Morgan fingerprint density at radius 1 is 0.875 bits per heavy atom. The Hall–Kier alpha value is -0.120. The molecule has 1 aliphatic carbocycles. The number of hydrogen-bond acceptors (Lipinski definition) is 3. The quantitative estimate of drug-likeness (QED) is 0.809. The summed E-state index contributed by atoms with van der Waals surface area (Å²) in [5.74, 6) is 0.874. The van der Waals surface area contributed by atoms with Crippen LogP contribution >= 0.6 is 0 Å². The summed E-state index contributed by atoms with van der Waals surface area (Å²) in [6.07, 6.45) is 5.79. The van der Waals surface area contributed by atoms with Crippen LogP contribution in [0.15, 0.2) is 0 Å². The summed E-state index contributed by atoms with van der Waals surface area (Å²) in [4.78, 5) is 2.50. The largest absolute Gasteiger partial charge is 0.317 e. The van der Waals surface area contributed by atoms with Gasteiger partial charge in [-0.1, -0.05) is 34.6 Å². The van der Waals surface area contributed by atoms with Crippen molar-refractivity contribution in [3.8, 4) is 0 Å². The molecule has 0 bridgehead atoms. The van der Waals surface area contributed by atoms with Crippen molar-refractivity contribution in [3.63, 3.8) is 0 Å². The van der Waals surface area contributed by atoms with Gasteiger partial charge in [-0.2, -0.15) is 0 Å². The Morgan fingerprint density at radius 3 is 1.79 bits per heavy atom. The maximum atomic E-state index is 3.47. The summed E-state index contributed by atoms with van der Waals surface area (Å²) >= 11 is 0. The minimum atomic E-state index is 0.698. The van der Waals surface area contributed by atoms with E-state index in [4.69, 9.17) is 0 Å². The molecule has 3 aliphatic rings. The first kappa shape index (κ1) is 21.9. The van der Waals surface area contributed by atoms with E-state index in [2.05, 4.69) is 50.2 Å². The third-order valence-electron chi connectivity index (χ3n) is 6.19. The van der Waals surface area contributed by atoms with Crippen LogP contribution in [0.4, 0.5) is 0 Å². The molecule has 144 valence electrons. The van der Waals surface area contributed by atoms with Gasteiger partial charge in [0.2, 0.25) is 0 Å². The summed E-state index contributed by atoms with van der Waals surface area (Å²) in [6.45, 7) is 23.0. The van der Waals surface area contributed by atoms with Crippen LogP contribution in [-0.4, -0.2) is 50.2 Å². The molecule has 1 spiro atoms. The van der Waals surface area contributed by atoms with Crippen molar-refractivity contribution < 1.29 is 0 Å². The van der Waals surface area contributed by atoms with E-state index in [0.29, 0.717) is 5.41 Å². The molecule has 24 heavy (non-hydrogen) atoms. The highest BCUT2D eigenvalue weighted by Crippen LogP contribution is 2.70. The van der Waals surface area contributed by atoms with E-state index in [9.17, 15) is 0 Å². The van der Waals surface area contributed by atoms with Crippen LogP contribution in [0.1, 0.15) is 74.1 Å². The minimum Gasteiger partial charge on any atom is -0.317 e. The zero-order valence-corrected chi connectivity index (χ0v) is 17.7. The Balaban J connectivity index is 0.000000230. The van der Waals surface area contributed by atoms with Crippen LogP contribution in [0.25, 0.3) is 0 Å². The van der Waals surface area contributed by atoms with Crippen LogP contribution in [0, 0.1) is 16.7 Å². The lowest BCUT2D eigenvalue weighted by molar-refractivity contribution is 0.196. The number of piperazine rings is 1. The van der Waals surface area contributed by atoms with Crippen molar-refractivity contribution in [1.29, 1.82) is 0 Å². The molecule has 2 saturated heterocycles. The molecule has 2 aliphatic heterocycles. The van der Waals surface area contributed by atoms with E-state index in [1.807, 2.05) is 13.8 Å². The van der Waals surface area contributed by atoms with Gasteiger partial charge >= 0.3 is 0 Å². The first-order valence-corrected chi connectivity index (χ1v) is 10.5. The Bertz CT molecular complexity index is 328. The number of hydrogen-bond donors (Lipinski definition) is 2. The molecule has 3 heteroatoms. The normalized spacial score (nSPS) is 28.9. The monoisotopic (exact) mass is 339 g/mol. The molecule has 0 amide bonds. The van der Waals surface area contributed by atoms with E-state index in [0.717, 1.165) is 30.5 Å². The smallest absolute Gasteiger partial charge is 0.0110 e.